The van der Waals surface area contributed by atoms with Gasteiger partial charge in [-0.2, -0.15) is 0 Å². The Morgan fingerprint density at radius 2 is 1.63 bits per heavy atom. The van der Waals surface area contributed by atoms with E-state index >= 15 is 0 Å². The number of piperazine rings is 1. The van der Waals surface area contributed by atoms with E-state index in [4.69, 9.17) is 0 Å². The fourth-order valence-corrected chi connectivity index (χ4v) is 4.46. The highest BCUT2D eigenvalue weighted by Gasteiger charge is 2.27. The lowest BCUT2D eigenvalue weighted by Gasteiger charge is -2.34. The van der Waals surface area contributed by atoms with Crippen molar-refractivity contribution in [1.29, 1.82) is 0 Å². The number of hydrogen-bond donors (Lipinski definition) is 1. The molecule has 1 unspecified atom stereocenters. The van der Waals surface area contributed by atoms with Crippen molar-refractivity contribution in [2.24, 2.45) is 0 Å². The Kier molecular flexibility index (Phi) is 6.48. The highest BCUT2D eigenvalue weighted by atomic mass is 16.2. The lowest BCUT2D eigenvalue weighted by Crippen LogP contribution is -2.52. The Balaban J connectivity index is 1.28. The number of carbonyl (C=O) groups is 2. The van der Waals surface area contributed by atoms with E-state index in [9.17, 15) is 9.59 Å². The van der Waals surface area contributed by atoms with Crippen molar-refractivity contribution >= 4 is 11.8 Å². The molecule has 2 aromatic carbocycles. The zero-order chi connectivity index (χ0) is 20.9. The van der Waals surface area contributed by atoms with Crippen LogP contribution in [0.25, 0.3) is 0 Å². The Morgan fingerprint density at radius 1 is 0.933 bits per heavy atom. The van der Waals surface area contributed by atoms with Crippen LogP contribution in [-0.2, 0) is 29.0 Å². The van der Waals surface area contributed by atoms with Crippen LogP contribution in [0.5, 0.6) is 0 Å². The van der Waals surface area contributed by atoms with Gasteiger partial charge in [-0.3, -0.25) is 14.5 Å². The topological polar surface area (TPSA) is 52.7 Å². The van der Waals surface area contributed by atoms with E-state index in [1.165, 1.54) is 29.5 Å². The van der Waals surface area contributed by atoms with Crippen molar-refractivity contribution < 1.29 is 9.59 Å². The second kappa shape index (κ2) is 9.43. The summed E-state index contributed by atoms with van der Waals surface area (Å²) in [6.45, 7) is 5.58. The molecule has 1 aliphatic heterocycles. The van der Waals surface area contributed by atoms with E-state index in [2.05, 4.69) is 40.5 Å². The first-order chi connectivity index (χ1) is 14.6. The number of benzene rings is 2. The summed E-state index contributed by atoms with van der Waals surface area (Å²) in [6.07, 6.45) is 4.73. The van der Waals surface area contributed by atoms with Crippen molar-refractivity contribution in [3.8, 4) is 0 Å². The summed E-state index contributed by atoms with van der Waals surface area (Å²) in [5.74, 6) is -0.920. The zero-order valence-electron chi connectivity index (χ0n) is 17.8. The summed E-state index contributed by atoms with van der Waals surface area (Å²) in [7, 11) is 0. The van der Waals surface area contributed by atoms with Crippen LogP contribution in [0.1, 0.15) is 48.1 Å². The minimum absolute atomic E-state index is 0.173. The third kappa shape index (κ3) is 4.90. The van der Waals surface area contributed by atoms with Gasteiger partial charge in [-0.05, 0) is 54.9 Å². The number of fused-ring (bicyclic) bond motifs is 1. The number of amides is 2. The van der Waals surface area contributed by atoms with Gasteiger partial charge in [0.25, 0.3) is 0 Å². The average Bonchev–Trinajstić information content (AvgIpc) is 2.79. The quantitative estimate of drug-likeness (QED) is 0.796. The SMILES string of the molecule is CC(NC(=O)C(=O)N1CCN(Cc2ccccc2)CC1)c1ccc2c(c1)CCCC2. The maximum Gasteiger partial charge on any atom is 0.311 e. The van der Waals surface area contributed by atoms with Crippen LogP contribution < -0.4 is 5.32 Å². The third-order valence-electron chi connectivity index (χ3n) is 6.32. The lowest BCUT2D eigenvalue weighted by atomic mass is 9.89. The van der Waals surface area contributed by atoms with Crippen LogP contribution in [0.15, 0.2) is 48.5 Å². The first-order valence-electron chi connectivity index (χ1n) is 11.1. The average molecular weight is 406 g/mol. The Labute approximate surface area is 179 Å². The fraction of sp³-hybridized carbons (Fsp3) is 0.440. The monoisotopic (exact) mass is 405 g/mol. The third-order valence-corrected chi connectivity index (χ3v) is 6.32. The van der Waals surface area contributed by atoms with Gasteiger partial charge in [0, 0.05) is 32.7 Å². The highest BCUT2D eigenvalue weighted by molar-refractivity contribution is 6.35. The number of hydrogen-bond acceptors (Lipinski definition) is 3. The van der Waals surface area contributed by atoms with Gasteiger partial charge in [-0.15, -0.1) is 0 Å². The van der Waals surface area contributed by atoms with Crippen LogP contribution in [0.4, 0.5) is 0 Å². The second-order valence-corrected chi connectivity index (χ2v) is 8.48. The van der Waals surface area contributed by atoms with Crippen molar-refractivity contribution in [3.63, 3.8) is 0 Å². The number of nitrogens with zero attached hydrogens (tertiary/aromatic N) is 2. The van der Waals surface area contributed by atoms with Crippen molar-refractivity contribution in [2.45, 2.75) is 45.2 Å². The zero-order valence-corrected chi connectivity index (χ0v) is 17.8. The van der Waals surface area contributed by atoms with Gasteiger partial charge in [0.1, 0.15) is 0 Å². The molecule has 0 spiro atoms. The Bertz CT molecular complexity index is 889. The largest absolute Gasteiger partial charge is 0.341 e. The van der Waals surface area contributed by atoms with Gasteiger partial charge in [0.05, 0.1) is 6.04 Å². The molecule has 2 aliphatic rings. The molecule has 1 saturated heterocycles. The summed E-state index contributed by atoms with van der Waals surface area (Å²) >= 11 is 0. The molecule has 0 saturated carbocycles. The van der Waals surface area contributed by atoms with Gasteiger partial charge in [-0.25, -0.2) is 0 Å². The Morgan fingerprint density at radius 3 is 2.37 bits per heavy atom. The molecule has 2 aromatic rings. The summed E-state index contributed by atoms with van der Waals surface area (Å²) in [5.41, 5.74) is 5.16. The summed E-state index contributed by atoms with van der Waals surface area (Å²) in [4.78, 5) is 29.2. The van der Waals surface area contributed by atoms with E-state index in [0.29, 0.717) is 13.1 Å². The van der Waals surface area contributed by atoms with E-state index in [1.54, 1.807) is 4.90 Å². The number of nitrogens with one attached hydrogen (secondary N) is 1. The summed E-state index contributed by atoms with van der Waals surface area (Å²) in [6, 6.07) is 16.6. The maximum absolute atomic E-state index is 12.7. The minimum Gasteiger partial charge on any atom is -0.341 e. The van der Waals surface area contributed by atoms with Crippen LogP contribution in [0, 0.1) is 0 Å². The molecule has 5 nitrogen and oxygen atoms in total. The predicted molar refractivity (Wildman–Crippen MR) is 118 cm³/mol. The number of rotatable bonds is 4. The maximum atomic E-state index is 12.7. The van der Waals surface area contributed by atoms with Crippen LogP contribution in [0.2, 0.25) is 0 Å². The smallest absolute Gasteiger partial charge is 0.311 e. The lowest BCUT2D eigenvalue weighted by molar-refractivity contribution is -0.147. The molecule has 0 aromatic heterocycles. The number of aryl methyl sites for hydroxylation is 2. The van der Waals surface area contributed by atoms with Crippen molar-refractivity contribution in [2.75, 3.05) is 26.2 Å². The molecule has 158 valence electrons. The molecule has 2 amide bonds. The van der Waals surface area contributed by atoms with Crippen LogP contribution in [-0.4, -0.2) is 47.8 Å². The van der Waals surface area contributed by atoms with Crippen LogP contribution in [0.3, 0.4) is 0 Å². The minimum atomic E-state index is -0.503. The first-order valence-corrected chi connectivity index (χ1v) is 11.1. The van der Waals surface area contributed by atoms with Crippen LogP contribution >= 0.6 is 0 Å². The van der Waals surface area contributed by atoms with Gasteiger partial charge in [-0.1, -0.05) is 48.5 Å². The van der Waals surface area contributed by atoms with E-state index < -0.39 is 11.8 Å². The highest BCUT2D eigenvalue weighted by Crippen LogP contribution is 2.24. The number of carbonyl (C=O) groups excluding carboxylic acids is 2. The molecule has 5 heteroatoms. The van der Waals surface area contributed by atoms with Crippen molar-refractivity contribution in [3.05, 3.63) is 70.8 Å². The molecule has 30 heavy (non-hydrogen) atoms. The second-order valence-electron chi connectivity index (χ2n) is 8.48. The first kappa shape index (κ1) is 20.6. The van der Waals surface area contributed by atoms with E-state index in [-0.39, 0.29) is 6.04 Å². The molecule has 0 radical (unpaired) electrons. The molecule has 1 aliphatic carbocycles. The van der Waals surface area contributed by atoms with Gasteiger partial charge in [0.15, 0.2) is 0 Å². The standard InChI is InChI=1S/C25H31N3O2/c1-19(22-12-11-21-9-5-6-10-23(21)17-22)26-24(29)25(30)28-15-13-27(14-16-28)18-20-7-3-2-4-8-20/h2-4,7-8,11-12,17,19H,5-6,9-10,13-16,18H2,1H3,(H,26,29). The molecule has 4 rings (SSSR count). The molecular weight excluding hydrogens is 374 g/mol. The summed E-state index contributed by atoms with van der Waals surface area (Å²) < 4.78 is 0. The van der Waals surface area contributed by atoms with E-state index in [1.807, 2.05) is 25.1 Å². The fourth-order valence-electron chi connectivity index (χ4n) is 4.46. The summed E-state index contributed by atoms with van der Waals surface area (Å²) in [5, 5.41) is 2.91. The molecule has 1 heterocycles. The van der Waals surface area contributed by atoms with Gasteiger partial charge >= 0.3 is 11.8 Å². The molecule has 1 N–H and O–H groups in total. The predicted octanol–water partition coefficient (Wildman–Crippen LogP) is 3.09. The normalized spacial score (nSPS) is 17.8. The van der Waals surface area contributed by atoms with Gasteiger partial charge < -0.3 is 10.2 Å². The molecule has 1 atom stereocenters. The molecule has 1 fully saturated rings. The van der Waals surface area contributed by atoms with Crippen molar-refractivity contribution in [1.82, 2.24) is 15.1 Å². The Hall–Kier alpha value is -2.66. The molecular formula is C25H31N3O2. The molecule has 0 bridgehead atoms. The van der Waals surface area contributed by atoms with Gasteiger partial charge in [0.2, 0.25) is 0 Å². The van der Waals surface area contributed by atoms with E-state index in [0.717, 1.165) is 38.0 Å².